The molecule has 1 unspecified atom stereocenters. The molecule has 0 radical (unpaired) electrons. The summed E-state index contributed by atoms with van der Waals surface area (Å²) in [6, 6.07) is 4.23. The summed E-state index contributed by atoms with van der Waals surface area (Å²) in [5, 5.41) is 19.6. The number of phenolic OH excluding ortho intramolecular Hbond substituents is 2. The van der Waals surface area contributed by atoms with Crippen LogP contribution in [0.15, 0.2) is 18.2 Å². The summed E-state index contributed by atoms with van der Waals surface area (Å²) in [6.45, 7) is 4.77. The number of hydrogen-bond donors (Lipinski definition) is 3. The molecule has 2 rings (SSSR count). The van der Waals surface area contributed by atoms with Crippen molar-refractivity contribution in [1.29, 1.82) is 0 Å². The van der Waals surface area contributed by atoms with E-state index in [1.807, 2.05) is 13.8 Å². The minimum absolute atomic E-state index is 0.0824. The molecule has 1 heterocycles. The van der Waals surface area contributed by atoms with Gasteiger partial charge in [-0.25, -0.2) is 0 Å². The number of nitrogens with two attached hydrogens (primary N) is 1. The molecule has 6 heteroatoms. The highest BCUT2D eigenvalue weighted by Gasteiger charge is 2.36. The highest BCUT2D eigenvalue weighted by molar-refractivity contribution is 5.99. The van der Waals surface area contributed by atoms with Gasteiger partial charge in [0.15, 0.2) is 0 Å². The Hall–Kier alpha value is -1.79. The number of morpholine rings is 1. The average Bonchev–Trinajstić information content (AvgIpc) is 2.36. The van der Waals surface area contributed by atoms with E-state index in [1.165, 1.54) is 18.2 Å². The molecule has 4 N–H and O–H groups in total. The molecule has 1 aromatic carbocycles. The molecular formula is C14H20N2O4. The van der Waals surface area contributed by atoms with Crippen molar-refractivity contribution in [1.82, 2.24) is 4.90 Å². The van der Waals surface area contributed by atoms with E-state index in [9.17, 15) is 15.0 Å². The monoisotopic (exact) mass is 280 g/mol. The normalized spacial score (nSPS) is 21.8. The fraction of sp³-hybridized carbons (Fsp3) is 0.500. The minimum atomic E-state index is -0.516. The van der Waals surface area contributed by atoms with Crippen LogP contribution in [0.4, 0.5) is 0 Å². The van der Waals surface area contributed by atoms with E-state index in [4.69, 9.17) is 10.5 Å². The van der Waals surface area contributed by atoms with Crippen molar-refractivity contribution in [2.75, 3.05) is 19.6 Å². The zero-order chi connectivity index (χ0) is 14.9. The predicted octanol–water partition coefficient (Wildman–Crippen LogP) is 0.676. The molecule has 0 aliphatic carbocycles. The Morgan fingerprint density at radius 1 is 1.45 bits per heavy atom. The van der Waals surface area contributed by atoms with Crippen LogP contribution >= 0.6 is 0 Å². The van der Waals surface area contributed by atoms with Gasteiger partial charge in [0.1, 0.15) is 17.1 Å². The number of carbonyl (C=O) groups excluding carboxylic acids is 1. The van der Waals surface area contributed by atoms with Gasteiger partial charge in [0.25, 0.3) is 5.91 Å². The second-order valence-electron chi connectivity index (χ2n) is 5.59. The number of benzene rings is 1. The molecule has 1 saturated heterocycles. The topological polar surface area (TPSA) is 96.0 Å². The Kier molecular flexibility index (Phi) is 3.87. The van der Waals surface area contributed by atoms with Crippen LogP contribution in [0.2, 0.25) is 0 Å². The second-order valence-corrected chi connectivity index (χ2v) is 5.59. The quantitative estimate of drug-likeness (QED) is 0.740. The van der Waals surface area contributed by atoms with Gasteiger partial charge >= 0.3 is 0 Å². The van der Waals surface area contributed by atoms with Gasteiger partial charge in [0, 0.05) is 19.6 Å². The smallest absolute Gasteiger partial charge is 0.261 e. The molecule has 1 atom stereocenters. The van der Waals surface area contributed by atoms with Crippen molar-refractivity contribution >= 4 is 5.91 Å². The Labute approximate surface area is 117 Å². The van der Waals surface area contributed by atoms with Crippen LogP contribution in [-0.4, -0.2) is 52.4 Å². The van der Waals surface area contributed by atoms with Crippen LogP contribution < -0.4 is 5.73 Å². The van der Waals surface area contributed by atoms with Crippen molar-refractivity contribution in [2.45, 2.75) is 25.6 Å². The van der Waals surface area contributed by atoms with Crippen molar-refractivity contribution in [3.05, 3.63) is 23.8 Å². The van der Waals surface area contributed by atoms with E-state index in [0.29, 0.717) is 19.6 Å². The first-order chi connectivity index (χ1) is 9.34. The number of ether oxygens (including phenoxy) is 1. The molecule has 1 aliphatic heterocycles. The van der Waals surface area contributed by atoms with Crippen molar-refractivity contribution in [3.8, 4) is 11.5 Å². The summed E-state index contributed by atoms with van der Waals surface area (Å²) in [5.74, 6) is -0.886. The van der Waals surface area contributed by atoms with Crippen molar-refractivity contribution < 1.29 is 19.7 Å². The third kappa shape index (κ3) is 2.86. The van der Waals surface area contributed by atoms with E-state index < -0.39 is 11.5 Å². The highest BCUT2D eigenvalue weighted by Crippen LogP contribution is 2.30. The highest BCUT2D eigenvalue weighted by atomic mass is 16.5. The number of phenols is 2. The third-order valence-electron chi connectivity index (χ3n) is 3.27. The first-order valence-electron chi connectivity index (χ1n) is 6.52. The Morgan fingerprint density at radius 2 is 2.05 bits per heavy atom. The molecule has 1 aromatic rings. The van der Waals surface area contributed by atoms with Gasteiger partial charge in [-0.1, -0.05) is 6.07 Å². The van der Waals surface area contributed by atoms with E-state index in [-0.39, 0.29) is 23.2 Å². The third-order valence-corrected chi connectivity index (χ3v) is 3.27. The first kappa shape index (κ1) is 14.6. The van der Waals surface area contributed by atoms with Crippen LogP contribution in [0.3, 0.4) is 0 Å². The number of nitrogens with zero attached hydrogens (tertiary/aromatic N) is 1. The van der Waals surface area contributed by atoms with Crippen LogP contribution in [-0.2, 0) is 4.74 Å². The summed E-state index contributed by atoms with van der Waals surface area (Å²) in [5.41, 5.74) is 5.03. The van der Waals surface area contributed by atoms with Gasteiger partial charge in [0.2, 0.25) is 0 Å². The summed E-state index contributed by atoms with van der Waals surface area (Å²) in [6.07, 6.45) is -0.254. The lowest BCUT2D eigenvalue weighted by atomic mass is 10.0. The Balaban J connectivity index is 2.28. The summed E-state index contributed by atoms with van der Waals surface area (Å²) in [4.78, 5) is 14.1. The van der Waals surface area contributed by atoms with Crippen LogP contribution in [0.25, 0.3) is 0 Å². The Morgan fingerprint density at radius 3 is 2.60 bits per heavy atom. The van der Waals surface area contributed by atoms with Gasteiger partial charge in [-0.15, -0.1) is 0 Å². The van der Waals surface area contributed by atoms with E-state index in [1.54, 1.807) is 4.90 Å². The molecule has 6 nitrogen and oxygen atoms in total. The van der Waals surface area contributed by atoms with Crippen LogP contribution in [0, 0.1) is 0 Å². The molecule has 1 amide bonds. The van der Waals surface area contributed by atoms with E-state index >= 15 is 0 Å². The number of rotatable bonds is 2. The van der Waals surface area contributed by atoms with Gasteiger partial charge in [-0.05, 0) is 26.0 Å². The van der Waals surface area contributed by atoms with E-state index in [0.717, 1.165) is 0 Å². The van der Waals surface area contributed by atoms with Crippen LogP contribution in [0.1, 0.15) is 24.2 Å². The summed E-state index contributed by atoms with van der Waals surface area (Å²) in [7, 11) is 0. The molecule has 1 aliphatic rings. The standard InChI is InChI=1S/C14H20N2O4/c1-14(2)8-16(7-9(6-15)20-14)13(19)12-10(17)4-3-5-11(12)18/h3-5,9,17-18H,6-8,15H2,1-2H3. The molecule has 0 aromatic heterocycles. The molecule has 0 saturated carbocycles. The lowest BCUT2D eigenvalue weighted by Gasteiger charge is -2.42. The first-order valence-corrected chi connectivity index (χ1v) is 6.52. The van der Waals surface area contributed by atoms with Gasteiger partial charge < -0.3 is 25.6 Å². The number of carbonyl (C=O) groups is 1. The number of aromatic hydroxyl groups is 2. The lowest BCUT2D eigenvalue weighted by Crippen LogP contribution is -2.56. The summed E-state index contributed by atoms with van der Waals surface area (Å²) < 4.78 is 5.76. The second kappa shape index (κ2) is 5.30. The number of amides is 1. The Bertz CT molecular complexity index is 496. The van der Waals surface area contributed by atoms with Crippen molar-refractivity contribution in [3.63, 3.8) is 0 Å². The maximum atomic E-state index is 12.5. The zero-order valence-corrected chi connectivity index (χ0v) is 11.7. The van der Waals surface area contributed by atoms with E-state index in [2.05, 4.69) is 0 Å². The fourth-order valence-electron chi connectivity index (χ4n) is 2.48. The molecule has 0 bridgehead atoms. The minimum Gasteiger partial charge on any atom is -0.507 e. The number of hydrogen-bond acceptors (Lipinski definition) is 5. The SMILES string of the molecule is CC1(C)CN(C(=O)c2c(O)cccc2O)CC(CN)O1. The molecule has 110 valence electrons. The molecule has 1 fully saturated rings. The molecular weight excluding hydrogens is 260 g/mol. The lowest BCUT2D eigenvalue weighted by molar-refractivity contribution is -0.122. The van der Waals surface area contributed by atoms with Crippen molar-refractivity contribution in [2.24, 2.45) is 5.73 Å². The largest absolute Gasteiger partial charge is 0.507 e. The maximum absolute atomic E-state index is 12.5. The maximum Gasteiger partial charge on any atom is 0.261 e. The molecule has 0 spiro atoms. The van der Waals surface area contributed by atoms with Gasteiger partial charge in [-0.3, -0.25) is 4.79 Å². The van der Waals surface area contributed by atoms with Crippen LogP contribution in [0.5, 0.6) is 11.5 Å². The predicted molar refractivity (Wildman–Crippen MR) is 73.7 cm³/mol. The summed E-state index contributed by atoms with van der Waals surface area (Å²) >= 11 is 0. The van der Waals surface area contributed by atoms with Gasteiger partial charge in [0.05, 0.1) is 11.7 Å². The molecule has 20 heavy (non-hydrogen) atoms. The average molecular weight is 280 g/mol. The fourth-order valence-corrected chi connectivity index (χ4v) is 2.48. The zero-order valence-electron chi connectivity index (χ0n) is 11.7. The van der Waals surface area contributed by atoms with Gasteiger partial charge in [-0.2, -0.15) is 0 Å².